The van der Waals surface area contributed by atoms with Crippen LogP contribution in [-0.4, -0.2) is 55.5 Å². The van der Waals surface area contributed by atoms with Gasteiger partial charge in [-0.3, -0.25) is 9.59 Å². The summed E-state index contributed by atoms with van der Waals surface area (Å²) in [5.74, 6) is 1.35. The summed E-state index contributed by atoms with van der Waals surface area (Å²) in [5, 5.41) is 7.06. The third-order valence-electron chi connectivity index (χ3n) is 4.55. The molecule has 1 aliphatic heterocycles. The van der Waals surface area contributed by atoms with Crippen LogP contribution in [0.15, 0.2) is 41.2 Å². The monoisotopic (exact) mass is 371 g/mol. The number of hydrogen-bond acceptors (Lipinski definition) is 6. The van der Waals surface area contributed by atoms with Crippen molar-refractivity contribution in [1.82, 2.24) is 15.1 Å². The van der Waals surface area contributed by atoms with E-state index in [2.05, 4.69) is 26.3 Å². The van der Waals surface area contributed by atoms with Gasteiger partial charge in [-0.2, -0.15) is 5.10 Å². The lowest BCUT2D eigenvalue weighted by Crippen LogP contribution is -2.47. The number of ether oxygens (including phenoxy) is 1. The summed E-state index contributed by atoms with van der Waals surface area (Å²) in [4.78, 5) is 28.2. The second-order valence-corrected chi connectivity index (χ2v) is 6.29. The normalized spacial score (nSPS) is 14.1. The van der Waals surface area contributed by atoms with Crippen LogP contribution in [0.4, 0.5) is 11.5 Å². The quantitative estimate of drug-likeness (QED) is 0.806. The first-order valence-electron chi connectivity index (χ1n) is 9.10. The summed E-state index contributed by atoms with van der Waals surface area (Å²) in [6.45, 7) is 5.47. The van der Waals surface area contributed by atoms with Crippen LogP contribution in [0.1, 0.15) is 6.92 Å². The molecular formula is C19H25N5O3. The number of carbonyl (C=O) groups excluding carboxylic acids is 1. The maximum Gasteiger partial charge on any atom is 0.267 e. The van der Waals surface area contributed by atoms with E-state index >= 15 is 0 Å². The van der Waals surface area contributed by atoms with Gasteiger partial charge in [0.15, 0.2) is 0 Å². The average Bonchev–Trinajstić information content (AvgIpc) is 2.70. The van der Waals surface area contributed by atoms with Crippen LogP contribution in [0.2, 0.25) is 0 Å². The minimum absolute atomic E-state index is 0.0678. The van der Waals surface area contributed by atoms with E-state index in [0.717, 1.165) is 37.6 Å². The molecule has 144 valence electrons. The van der Waals surface area contributed by atoms with Gasteiger partial charge in [-0.15, -0.1) is 0 Å². The summed E-state index contributed by atoms with van der Waals surface area (Å²) in [7, 11) is 1.68. The molecule has 8 heteroatoms. The summed E-state index contributed by atoms with van der Waals surface area (Å²) < 4.78 is 6.67. The van der Waals surface area contributed by atoms with Crippen LogP contribution in [0, 0.1) is 0 Å². The third-order valence-corrected chi connectivity index (χ3v) is 4.55. The van der Waals surface area contributed by atoms with Crippen molar-refractivity contribution in [1.29, 1.82) is 0 Å². The molecule has 0 saturated carbocycles. The predicted octanol–water partition coefficient (Wildman–Crippen LogP) is 0.715. The number of aromatic nitrogens is 2. The molecule has 0 atom stereocenters. The number of piperazine rings is 1. The van der Waals surface area contributed by atoms with Gasteiger partial charge in [0.1, 0.15) is 18.1 Å². The second kappa shape index (κ2) is 8.57. The molecule has 1 amide bonds. The van der Waals surface area contributed by atoms with E-state index in [9.17, 15) is 9.59 Å². The molecule has 0 unspecified atom stereocenters. The minimum Gasteiger partial charge on any atom is -0.495 e. The predicted molar refractivity (Wildman–Crippen MR) is 105 cm³/mol. The molecule has 0 aliphatic carbocycles. The van der Waals surface area contributed by atoms with Crippen LogP contribution in [0.3, 0.4) is 0 Å². The van der Waals surface area contributed by atoms with Crippen molar-refractivity contribution in [3.8, 4) is 5.75 Å². The van der Waals surface area contributed by atoms with Gasteiger partial charge in [0.2, 0.25) is 5.91 Å². The fourth-order valence-corrected chi connectivity index (χ4v) is 3.18. The number of methoxy groups -OCH3 is 1. The highest BCUT2D eigenvalue weighted by atomic mass is 16.5. The van der Waals surface area contributed by atoms with E-state index in [-0.39, 0.29) is 18.0 Å². The zero-order valence-corrected chi connectivity index (χ0v) is 15.7. The van der Waals surface area contributed by atoms with Gasteiger partial charge >= 0.3 is 0 Å². The lowest BCUT2D eigenvalue weighted by molar-refractivity contribution is -0.121. The fourth-order valence-electron chi connectivity index (χ4n) is 3.18. The summed E-state index contributed by atoms with van der Waals surface area (Å²) in [6.07, 6.45) is 0. The third kappa shape index (κ3) is 4.39. The van der Waals surface area contributed by atoms with Gasteiger partial charge in [0.05, 0.1) is 12.8 Å². The van der Waals surface area contributed by atoms with Crippen LogP contribution in [-0.2, 0) is 11.3 Å². The minimum atomic E-state index is -0.280. The van der Waals surface area contributed by atoms with Crippen molar-refractivity contribution < 1.29 is 9.53 Å². The van der Waals surface area contributed by atoms with Gasteiger partial charge in [-0.25, -0.2) is 4.68 Å². The number of rotatable bonds is 6. The largest absolute Gasteiger partial charge is 0.495 e. The highest BCUT2D eigenvalue weighted by molar-refractivity contribution is 5.75. The zero-order chi connectivity index (χ0) is 19.2. The van der Waals surface area contributed by atoms with Crippen LogP contribution < -0.4 is 25.4 Å². The molecule has 1 aliphatic rings. The molecular weight excluding hydrogens is 346 g/mol. The first kappa shape index (κ1) is 18.8. The Morgan fingerprint density at radius 2 is 1.81 bits per heavy atom. The standard InChI is InChI=1S/C19H25N5O3/c1-3-20-18(25)14-24-19(26)9-8-17(21-24)23-12-10-22(11-13-23)15-6-4-5-7-16(15)27-2/h4-9H,3,10-14H2,1-2H3,(H,20,25). The number of amides is 1. The highest BCUT2D eigenvalue weighted by Gasteiger charge is 2.21. The molecule has 1 aromatic carbocycles. The van der Waals surface area contributed by atoms with Crippen molar-refractivity contribution in [3.05, 3.63) is 46.8 Å². The topological polar surface area (TPSA) is 79.7 Å². The lowest BCUT2D eigenvalue weighted by atomic mass is 10.2. The average molecular weight is 371 g/mol. The van der Waals surface area contributed by atoms with Crippen molar-refractivity contribution >= 4 is 17.4 Å². The van der Waals surface area contributed by atoms with Crippen LogP contribution >= 0.6 is 0 Å². The van der Waals surface area contributed by atoms with E-state index in [1.807, 2.05) is 25.1 Å². The van der Waals surface area contributed by atoms with Crippen LogP contribution in [0.25, 0.3) is 0 Å². The second-order valence-electron chi connectivity index (χ2n) is 6.29. The van der Waals surface area contributed by atoms with Gasteiger partial charge in [0.25, 0.3) is 5.56 Å². The van der Waals surface area contributed by atoms with E-state index in [0.29, 0.717) is 12.4 Å². The first-order valence-corrected chi connectivity index (χ1v) is 9.10. The number of nitrogens with zero attached hydrogens (tertiary/aromatic N) is 4. The fraction of sp³-hybridized carbons (Fsp3) is 0.421. The summed E-state index contributed by atoms with van der Waals surface area (Å²) in [5.41, 5.74) is 0.798. The Morgan fingerprint density at radius 3 is 2.52 bits per heavy atom. The zero-order valence-electron chi connectivity index (χ0n) is 15.7. The molecule has 2 aromatic rings. The number of anilines is 2. The van der Waals surface area contributed by atoms with Gasteiger partial charge in [-0.05, 0) is 25.1 Å². The Balaban J connectivity index is 1.69. The van der Waals surface area contributed by atoms with Crippen molar-refractivity contribution in [2.24, 2.45) is 0 Å². The lowest BCUT2D eigenvalue weighted by Gasteiger charge is -2.37. The van der Waals surface area contributed by atoms with Crippen molar-refractivity contribution in [2.75, 3.05) is 49.6 Å². The molecule has 0 radical (unpaired) electrons. The maximum absolute atomic E-state index is 12.0. The maximum atomic E-state index is 12.0. The molecule has 1 saturated heterocycles. The van der Waals surface area contributed by atoms with Crippen molar-refractivity contribution in [2.45, 2.75) is 13.5 Å². The van der Waals surface area contributed by atoms with Gasteiger partial charge in [0, 0.05) is 38.8 Å². The molecule has 2 heterocycles. The Kier molecular flexibility index (Phi) is 5.95. The van der Waals surface area contributed by atoms with Crippen LogP contribution in [0.5, 0.6) is 5.75 Å². The van der Waals surface area contributed by atoms with E-state index in [4.69, 9.17) is 4.74 Å². The van der Waals surface area contributed by atoms with E-state index in [1.54, 1.807) is 13.2 Å². The summed E-state index contributed by atoms with van der Waals surface area (Å²) in [6, 6.07) is 11.2. The Bertz CT molecular complexity index is 843. The molecule has 0 spiro atoms. The van der Waals surface area contributed by atoms with E-state index < -0.39 is 0 Å². The Hall–Kier alpha value is -3.03. The van der Waals surface area contributed by atoms with Crippen molar-refractivity contribution in [3.63, 3.8) is 0 Å². The number of likely N-dealkylation sites (N-methyl/N-ethyl adjacent to an activating group) is 1. The number of nitrogens with one attached hydrogen (secondary N) is 1. The number of para-hydroxylation sites is 2. The Labute approximate surface area is 158 Å². The molecule has 1 fully saturated rings. The van der Waals surface area contributed by atoms with Gasteiger partial charge in [-0.1, -0.05) is 12.1 Å². The molecule has 0 bridgehead atoms. The van der Waals surface area contributed by atoms with E-state index in [1.165, 1.54) is 10.7 Å². The number of hydrogen-bond donors (Lipinski definition) is 1. The Morgan fingerprint density at radius 1 is 1.11 bits per heavy atom. The number of benzene rings is 1. The SMILES string of the molecule is CCNC(=O)Cn1nc(N2CCN(c3ccccc3OC)CC2)ccc1=O. The molecule has 27 heavy (non-hydrogen) atoms. The number of carbonyl (C=O) groups is 1. The summed E-state index contributed by atoms with van der Waals surface area (Å²) >= 11 is 0. The molecule has 8 nitrogen and oxygen atoms in total. The van der Waals surface area contributed by atoms with Gasteiger partial charge < -0.3 is 19.9 Å². The smallest absolute Gasteiger partial charge is 0.267 e. The first-order chi connectivity index (χ1) is 13.1. The molecule has 1 aromatic heterocycles. The highest BCUT2D eigenvalue weighted by Crippen LogP contribution is 2.28. The molecule has 1 N–H and O–H groups in total. The molecule has 3 rings (SSSR count).